The van der Waals surface area contributed by atoms with E-state index in [2.05, 4.69) is 5.32 Å². The summed E-state index contributed by atoms with van der Waals surface area (Å²) in [6.07, 6.45) is 2.39. The first-order chi connectivity index (χ1) is 12.4. The summed E-state index contributed by atoms with van der Waals surface area (Å²) in [5.41, 5.74) is 5.16. The number of piperazine rings is 1. The fourth-order valence-corrected chi connectivity index (χ4v) is 4.69. The fourth-order valence-electron chi connectivity index (χ4n) is 2.78. The Balaban J connectivity index is 2.00. The van der Waals surface area contributed by atoms with Crippen LogP contribution in [0.3, 0.4) is 0 Å². The Bertz CT molecular complexity index is 719. The van der Waals surface area contributed by atoms with Gasteiger partial charge in [-0.15, -0.1) is 0 Å². The smallest absolute Gasteiger partial charge is 0.312 e. The molecule has 1 aromatic rings. The lowest BCUT2D eigenvalue weighted by Crippen LogP contribution is -2.56. The second-order valence-corrected chi connectivity index (χ2v) is 8.81. The Kier molecular flexibility index (Phi) is 7.30. The van der Waals surface area contributed by atoms with Crippen LogP contribution in [0.1, 0.15) is 6.42 Å². The van der Waals surface area contributed by atoms with Crippen LogP contribution < -0.4 is 11.1 Å². The number of nitrogens with zero attached hydrogens (tertiary/aromatic N) is 2. The average molecular weight is 401 g/mol. The van der Waals surface area contributed by atoms with Gasteiger partial charge in [-0.25, -0.2) is 13.2 Å². The van der Waals surface area contributed by atoms with E-state index in [4.69, 9.17) is 5.73 Å². The van der Waals surface area contributed by atoms with Crippen molar-refractivity contribution in [3.05, 3.63) is 30.3 Å². The molecule has 1 aliphatic rings. The van der Waals surface area contributed by atoms with Gasteiger partial charge in [-0.3, -0.25) is 4.79 Å². The molecule has 1 atom stereocenters. The minimum atomic E-state index is -3.56. The molecule has 0 spiro atoms. The predicted molar refractivity (Wildman–Crippen MR) is 101 cm³/mol. The summed E-state index contributed by atoms with van der Waals surface area (Å²) in [5, 5.41) is 2.48. The molecule has 1 aliphatic heterocycles. The van der Waals surface area contributed by atoms with Crippen LogP contribution in [0.25, 0.3) is 0 Å². The molecule has 0 unspecified atom stereocenters. The van der Waals surface area contributed by atoms with E-state index < -0.39 is 22.1 Å². The molecular formula is C16H24N4O4S2. The lowest BCUT2D eigenvalue weighted by Gasteiger charge is -2.35. The van der Waals surface area contributed by atoms with Crippen molar-refractivity contribution in [2.75, 3.05) is 38.2 Å². The Hall–Kier alpha value is -1.78. The van der Waals surface area contributed by atoms with Gasteiger partial charge in [-0.1, -0.05) is 18.2 Å². The first-order valence-corrected chi connectivity index (χ1v) is 11.1. The monoisotopic (exact) mass is 400 g/mol. The van der Waals surface area contributed by atoms with Crippen molar-refractivity contribution in [2.24, 2.45) is 5.73 Å². The second-order valence-electron chi connectivity index (χ2n) is 5.89. The third kappa shape index (κ3) is 5.12. The molecule has 1 fully saturated rings. The molecule has 0 radical (unpaired) electrons. The Morgan fingerprint density at radius 2 is 1.81 bits per heavy atom. The van der Waals surface area contributed by atoms with Gasteiger partial charge in [0, 0.05) is 26.2 Å². The summed E-state index contributed by atoms with van der Waals surface area (Å²) in [4.78, 5) is 25.6. The Morgan fingerprint density at radius 1 is 1.19 bits per heavy atom. The number of hydrogen-bond acceptors (Lipinski definition) is 5. The molecule has 3 N–H and O–H groups in total. The largest absolute Gasteiger partial charge is 0.352 e. The number of sulfonamides is 1. The number of rotatable bonds is 7. The van der Waals surface area contributed by atoms with Crippen LogP contribution in [0.2, 0.25) is 0 Å². The van der Waals surface area contributed by atoms with Crippen LogP contribution in [0.4, 0.5) is 4.79 Å². The predicted octanol–water partition coefficient (Wildman–Crippen LogP) is 0.310. The average Bonchev–Trinajstić information content (AvgIpc) is 2.65. The highest BCUT2D eigenvalue weighted by Crippen LogP contribution is 2.18. The van der Waals surface area contributed by atoms with Crippen LogP contribution in [0, 0.1) is 0 Å². The van der Waals surface area contributed by atoms with E-state index in [9.17, 15) is 18.0 Å². The number of nitrogens with two attached hydrogens (primary N) is 1. The van der Waals surface area contributed by atoms with Crippen LogP contribution in [0.15, 0.2) is 35.2 Å². The molecule has 144 valence electrons. The maximum Gasteiger partial charge on any atom is 0.312 e. The molecule has 26 heavy (non-hydrogen) atoms. The number of nitrogens with one attached hydrogen (secondary N) is 1. The standard InChI is InChI=1S/C16H24N4O4S2/c1-25-12-7-14(18-16(17)22)15(21)19-8-10-20(11-9-19)26(23,24)13-5-3-2-4-6-13/h2-6,14H,7-12H2,1H3,(H3,17,18,22)/t14-/m1/s1. The molecule has 2 rings (SSSR count). The number of thioether (sulfide) groups is 1. The molecule has 1 heterocycles. The van der Waals surface area contributed by atoms with Gasteiger partial charge in [0.05, 0.1) is 4.90 Å². The highest BCUT2D eigenvalue weighted by atomic mass is 32.2. The summed E-state index contributed by atoms with van der Waals surface area (Å²) in [5.74, 6) is 0.480. The zero-order valence-electron chi connectivity index (χ0n) is 14.6. The number of primary amides is 1. The van der Waals surface area contributed by atoms with E-state index in [0.29, 0.717) is 12.2 Å². The quantitative estimate of drug-likeness (QED) is 0.684. The first-order valence-electron chi connectivity index (χ1n) is 8.25. The number of hydrogen-bond donors (Lipinski definition) is 2. The number of carbonyl (C=O) groups excluding carboxylic acids is 2. The van der Waals surface area contributed by atoms with Crippen molar-refractivity contribution in [3.8, 4) is 0 Å². The molecule has 0 saturated carbocycles. The summed E-state index contributed by atoms with van der Waals surface area (Å²) in [6.45, 7) is 0.992. The van der Waals surface area contributed by atoms with E-state index in [1.807, 2.05) is 6.26 Å². The van der Waals surface area contributed by atoms with Gasteiger partial charge in [0.2, 0.25) is 15.9 Å². The number of benzene rings is 1. The van der Waals surface area contributed by atoms with Gasteiger partial charge in [0.15, 0.2) is 0 Å². The summed E-state index contributed by atoms with van der Waals surface area (Å²) >= 11 is 1.57. The number of amides is 3. The van der Waals surface area contributed by atoms with Gasteiger partial charge in [0.25, 0.3) is 0 Å². The minimum Gasteiger partial charge on any atom is -0.352 e. The number of urea groups is 1. The summed E-state index contributed by atoms with van der Waals surface area (Å²) in [6, 6.07) is 6.81. The molecule has 0 aromatic heterocycles. The highest BCUT2D eigenvalue weighted by molar-refractivity contribution is 7.98. The zero-order valence-corrected chi connectivity index (χ0v) is 16.3. The lowest BCUT2D eigenvalue weighted by atomic mass is 10.2. The topological polar surface area (TPSA) is 113 Å². The van der Waals surface area contributed by atoms with Gasteiger partial charge in [-0.2, -0.15) is 16.1 Å². The van der Waals surface area contributed by atoms with Crippen molar-refractivity contribution in [1.29, 1.82) is 0 Å². The van der Waals surface area contributed by atoms with Crippen molar-refractivity contribution < 1.29 is 18.0 Å². The van der Waals surface area contributed by atoms with Crippen LogP contribution in [-0.2, 0) is 14.8 Å². The second kappa shape index (κ2) is 9.24. The third-order valence-corrected chi connectivity index (χ3v) is 6.71. The van der Waals surface area contributed by atoms with Gasteiger partial charge < -0.3 is 16.0 Å². The molecule has 0 aliphatic carbocycles. The molecule has 3 amide bonds. The van der Waals surface area contributed by atoms with Gasteiger partial charge in [-0.05, 0) is 30.6 Å². The van der Waals surface area contributed by atoms with Crippen molar-refractivity contribution >= 4 is 33.7 Å². The van der Waals surface area contributed by atoms with Crippen molar-refractivity contribution in [2.45, 2.75) is 17.4 Å². The van der Waals surface area contributed by atoms with E-state index in [-0.39, 0.29) is 37.0 Å². The highest BCUT2D eigenvalue weighted by Gasteiger charge is 2.32. The van der Waals surface area contributed by atoms with Crippen LogP contribution in [0.5, 0.6) is 0 Å². The van der Waals surface area contributed by atoms with E-state index in [0.717, 1.165) is 0 Å². The SMILES string of the molecule is CSCC[C@@H](NC(N)=O)C(=O)N1CCN(S(=O)(=O)c2ccccc2)CC1. The van der Waals surface area contributed by atoms with Crippen LogP contribution in [-0.4, -0.2) is 73.8 Å². The normalized spacial score (nSPS) is 16.9. The Morgan fingerprint density at radius 3 is 2.35 bits per heavy atom. The number of carbonyl (C=O) groups is 2. The lowest BCUT2D eigenvalue weighted by molar-refractivity contribution is -0.134. The van der Waals surface area contributed by atoms with Gasteiger partial charge in [0.1, 0.15) is 6.04 Å². The minimum absolute atomic E-state index is 0.217. The molecule has 8 nitrogen and oxygen atoms in total. The maximum absolute atomic E-state index is 12.6. The van der Waals surface area contributed by atoms with Crippen LogP contribution >= 0.6 is 11.8 Å². The van der Waals surface area contributed by atoms with E-state index in [1.54, 1.807) is 47.0 Å². The molecule has 10 heteroatoms. The maximum atomic E-state index is 12.6. The zero-order chi connectivity index (χ0) is 19.2. The van der Waals surface area contributed by atoms with Crippen molar-refractivity contribution in [3.63, 3.8) is 0 Å². The third-order valence-electron chi connectivity index (χ3n) is 4.16. The summed E-state index contributed by atoms with van der Waals surface area (Å²) < 4.78 is 26.6. The van der Waals surface area contributed by atoms with E-state index >= 15 is 0 Å². The summed E-state index contributed by atoms with van der Waals surface area (Å²) in [7, 11) is -3.56. The van der Waals surface area contributed by atoms with E-state index in [1.165, 1.54) is 4.31 Å². The fraction of sp³-hybridized carbons (Fsp3) is 0.500. The molecule has 1 saturated heterocycles. The first kappa shape index (κ1) is 20.5. The van der Waals surface area contributed by atoms with Gasteiger partial charge >= 0.3 is 6.03 Å². The molecule has 0 bridgehead atoms. The molecular weight excluding hydrogens is 376 g/mol. The Labute approximate surface area is 158 Å². The molecule has 1 aromatic carbocycles. The van der Waals surface area contributed by atoms with Crippen molar-refractivity contribution in [1.82, 2.24) is 14.5 Å².